The molecule has 0 N–H and O–H groups in total. The van der Waals surface area contributed by atoms with Crippen molar-refractivity contribution in [3.05, 3.63) is 36.2 Å². The third-order valence-electron chi connectivity index (χ3n) is 4.55. The Kier molecular flexibility index (Phi) is 4.95. The van der Waals surface area contributed by atoms with E-state index >= 15 is 0 Å². The molecular weight excluding hydrogens is 350 g/mol. The first-order valence-corrected chi connectivity index (χ1v) is 8.95. The first-order chi connectivity index (χ1) is 13.2. The zero-order chi connectivity index (χ0) is 18.6. The highest BCUT2D eigenvalue weighted by Crippen LogP contribution is 2.34. The molecular formula is C19H21N3O5. The molecule has 8 nitrogen and oxygen atoms in total. The molecule has 1 atom stereocenters. The highest BCUT2D eigenvalue weighted by Gasteiger charge is 2.29. The molecule has 1 fully saturated rings. The minimum absolute atomic E-state index is 0.0811. The molecule has 27 heavy (non-hydrogen) atoms. The number of likely N-dealkylation sites (tertiary alicyclic amines) is 1. The summed E-state index contributed by atoms with van der Waals surface area (Å²) in [6.07, 6.45) is 4.60. The number of hydrogen-bond donors (Lipinski definition) is 0. The average molecular weight is 371 g/mol. The summed E-state index contributed by atoms with van der Waals surface area (Å²) in [6.45, 7) is 2.08. The number of fused-ring (bicyclic) bond motifs is 1. The average Bonchev–Trinajstić information content (AvgIpc) is 2.73. The van der Waals surface area contributed by atoms with Gasteiger partial charge in [-0.3, -0.25) is 9.78 Å². The van der Waals surface area contributed by atoms with E-state index in [-0.39, 0.29) is 12.0 Å². The van der Waals surface area contributed by atoms with E-state index in [1.54, 1.807) is 17.2 Å². The Balaban J connectivity index is 1.47. The van der Waals surface area contributed by atoms with E-state index in [0.29, 0.717) is 55.1 Å². The van der Waals surface area contributed by atoms with Gasteiger partial charge >= 0.3 is 0 Å². The van der Waals surface area contributed by atoms with Crippen molar-refractivity contribution < 1.29 is 23.7 Å². The van der Waals surface area contributed by atoms with Gasteiger partial charge in [0, 0.05) is 6.54 Å². The van der Waals surface area contributed by atoms with Crippen molar-refractivity contribution in [3.63, 3.8) is 0 Å². The van der Waals surface area contributed by atoms with Crippen LogP contribution in [0.5, 0.6) is 23.3 Å². The quantitative estimate of drug-likeness (QED) is 0.812. The van der Waals surface area contributed by atoms with E-state index in [2.05, 4.69) is 9.97 Å². The van der Waals surface area contributed by atoms with Crippen LogP contribution in [-0.4, -0.2) is 60.3 Å². The Bertz CT molecular complexity index is 829. The number of piperidine rings is 1. The van der Waals surface area contributed by atoms with E-state index in [0.717, 1.165) is 12.8 Å². The lowest BCUT2D eigenvalue weighted by atomic mass is 10.1. The van der Waals surface area contributed by atoms with Crippen LogP contribution in [0, 0.1) is 0 Å². The Morgan fingerprint density at radius 2 is 2.07 bits per heavy atom. The Morgan fingerprint density at radius 3 is 2.96 bits per heavy atom. The van der Waals surface area contributed by atoms with Crippen molar-refractivity contribution in [2.24, 2.45) is 0 Å². The minimum Gasteiger partial charge on any atom is -0.486 e. The number of rotatable bonds is 4. The van der Waals surface area contributed by atoms with Crippen molar-refractivity contribution in [2.45, 2.75) is 18.9 Å². The molecule has 1 aromatic heterocycles. The van der Waals surface area contributed by atoms with Gasteiger partial charge in [-0.05, 0) is 25.0 Å². The smallest absolute Gasteiger partial charge is 0.257 e. The van der Waals surface area contributed by atoms with Crippen molar-refractivity contribution in [1.82, 2.24) is 14.9 Å². The number of nitrogens with zero attached hydrogens (tertiary/aromatic N) is 3. The molecule has 2 aliphatic heterocycles. The zero-order valence-electron chi connectivity index (χ0n) is 15.1. The number of methoxy groups -OCH3 is 1. The van der Waals surface area contributed by atoms with Crippen LogP contribution >= 0.6 is 0 Å². The van der Waals surface area contributed by atoms with Gasteiger partial charge in [-0.15, -0.1) is 0 Å². The van der Waals surface area contributed by atoms with Gasteiger partial charge in [-0.2, -0.15) is 4.98 Å². The first kappa shape index (κ1) is 17.4. The second kappa shape index (κ2) is 7.69. The summed E-state index contributed by atoms with van der Waals surface area (Å²) < 4.78 is 22.2. The number of benzene rings is 1. The predicted octanol–water partition coefficient (Wildman–Crippen LogP) is 1.94. The third-order valence-corrected chi connectivity index (χ3v) is 4.55. The van der Waals surface area contributed by atoms with E-state index in [4.69, 9.17) is 18.9 Å². The van der Waals surface area contributed by atoms with Gasteiger partial charge in [0.2, 0.25) is 11.8 Å². The Labute approximate surface area is 157 Å². The third kappa shape index (κ3) is 3.74. The van der Waals surface area contributed by atoms with Gasteiger partial charge in [0.1, 0.15) is 19.3 Å². The van der Waals surface area contributed by atoms with Crippen LogP contribution in [0.15, 0.2) is 30.6 Å². The maximum absolute atomic E-state index is 13.1. The molecule has 8 heteroatoms. The van der Waals surface area contributed by atoms with Gasteiger partial charge in [0.15, 0.2) is 11.5 Å². The molecule has 0 spiro atoms. The topological polar surface area (TPSA) is 83.0 Å². The monoisotopic (exact) mass is 371 g/mol. The van der Waals surface area contributed by atoms with Crippen LogP contribution in [0.25, 0.3) is 0 Å². The molecule has 4 rings (SSSR count). The second-order valence-corrected chi connectivity index (χ2v) is 6.36. The van der Waals surface area contributed by atoms with Gasteiger partial charge < -0.3 is 23.8 Å². The summed E-state index contributed by atoms with van der Waals surface area (Å²) in [5.74, 6) is 1.84. The van der Waals surface area contributed by atoms with E-state index in [9.17, 15) is 4.79 Å². The van der Waals surface area contributed by atoms with Crippen LogP contribution in [0.4, 0.5) is 0 Å². The van der Waals surface area contributed by atoms with Crippen molar-refractivity contribution in [1.29, 1.82) is 0 Å². The molecule has 2 aromatic rings. The molecule has 3 heterocycles. The highest BCUT2D eigenvalue weighted by atomic mass is 16.6. The molecule has 0 bridgehead atoms. The second-order valence-electron chi connectivity index (χ2n) is 6.36. The molecule has 0 unspecified atom stereocenters. The largest absolute Gasteiger partial charge is 0.486 e. The fourth-order valence-electron chi connectivity index (χ4n) is 3.29. The summed E-state index contributed by atoms with van der Waals surface area (Å²) in [4.78, 5) is 23.1. The van der Waals surface area contributed by atoms with E-state index in [1.165, 1.54) is 13.3 Å². The maximum atomic E-state index is 13.1. The molecule has 1 saturated heterocycles. The van der Waals surface area contributed by atoms with Crippen LogP contribution in [0.2, 0.25) is 0 Å². The van der Waals surface area contributed by atoms with Crippen LogP contribution in [0.1, 0.15) is 23.2 Å². The summed E-state index contributed by atoms with van der Waals surface area (Å²) in [7, 11) is 1.53. The summed E-state index contributed by atoms with van der Waals surface area (Å²) in [5, 5.41) is 0. The normalized spacial score (nSPS) is 18.7. The maximum Gasteiger partial charge on any atom is 0.257 e. The minimum atomic E-state index is -0.152. The molecule has 2 aliphatic rings. The number of aromatic nitrogens is 2. The van der Waals surface area contributed by atoms with Crippen molar-refractivity contribution >= 4 is 5.91 Å². The highest BCUT2D eigenvalue weighted by molar-refractivity contribution is 5.98. The van der Waals surface area contributed by atoms with Crippen LogP contribution < -0.4 is 18.9 Å². The van der Waals surface area contributed by atoms with Crippen molar-refractivity contribution in [2.75, 3.05) is 33.4 Å². The Morgan fingerprint density at radius 1 is 1.22 bits per heavy atom. The van der Waals surface area contributed by atoms with E-state index in [1.807, 2.05) is 12.1 Å². The number of carbonyl (C=O) groups excluding carboxylic acids is 1. The zero-order valence-corrected chi connectivity index (χ0v) is 15.1. The molecule has 142 valence electrons. The first-order valence-electron chi connectivity index (χ1n) is 8.95. The van der Waals surface area contributed by atoms with Crippen molar-refractivity contribution in [3.8, 4) is 23.3 Å². The van der Waals surface area contributed by atoms with E-state index < -0.39 is 0 Å². The lowest BCUT2D eigenvalue weighted by Crippen LogP contribution is -2.44. The number of amides is 1. The van der Waals surface area contributed by atoms with Crippen LogP contribution in [-0.2, 0) is 0 Å². The SMILES string of the molecule is COc1cncc(O[C@H]2CCCN(C(=O)c3cccc4c3OCCO4)C2)n1. The predicted molar refractivity (Wildman–Crippen MR) is 95.6 cm³/mol. The standard InChI is InChI=1S/C19H21N3O5/c1-24-16-10-20-11-17(21-16)27-13-4-3-7-22(12-13)19(23)14-5-2-6-15-18(14)26-9-8-25-15/h2,5-6,10-11,13H,3-4,7-9,12H2,1H3/t13-/m0/s1. The molecule has 1 amide bonds. The summed E-state index contributed by atoms with van der Waals surface area (Å²) in [5.41, 5.74) is 0.522. The van der Waals surface area contributed by atoms with Gasteiger partial charge in [0.25, 0.3) is 5.91 Å². The number of hydrogen-bond acceptors (Lipinski definition) is 7. The number of carbonyl (C=O) groups is 1. The molecule has 0 aliphatic carbocycles. The van der Waals surface area contributed by atoms with Gasteiger partial charge in [-0.1, -0.05) is 6.07 Å². The Hall–Kier alpha value is -3.03. The molecule has 1 aromatic carbocycles. The summed E-state index contributed by atoms with van der Waals surface area (Å²) >= 11 is 0. The lowest BCUT2D eigenvalue weighted by Gasteiger charge is -2.33. The van der Waals surface area contributed by atoms with Gasteiger partial charge in [0.05, 0.1) is 31.6 Å². The number of ether oxygens (including phenoxy) is 4. The molecule has 0 radical (unpaired) electrons. The lowest BCUT2D eigenvalue weighted by molar-refractivity contribution is 0.0518. The summed E-state index contributed by atoms with van der Waals surface area (Å²) in [6, 6.07) is 5.40. The fourth-order valence-corrected chi connectivity index (χ4v) is 3.29. The number of para-hydroxylation sites is 1. The van der Waals surface area contributed by atoms with Crippen LogP contribution in [0.3, 0.4) is 0 Å². The molecule has 0 saturated carbocycles. The fraction of sp³-hybridized carbons (Fsp3) is 0.421. The van der Waals surface area contributed by atoms with Gasteiger partial charge in [-0.25, -0.2) is 0 Å².